The van der Waals surface area contributed by atoms with Crippen LogP contribution in [0.25, 0.3) is 11.3 Å². The highest BCUT2D eigenvalue weighted by Crippen LogP contribution is 2.53. The van der Waals surface area contributed by atoms with Crippen molar-refractivity contribution in [3.63, 3.8) is 0 Å². The first-order chi connectivity index (χ1) is 16.3. The van der Waals surface area contributed by atoms with Crippen molar-refractivity contribution >= 4 is 65.6 Å². The largest absolute Gasteiger partial charge is 0.497 e. The molecule has 4 rings (SSSR count). The first-order valence-electron chi connectivity index (χ1n) is 10.2. The van der Waals surface area contributed by atoms with Crippen molar-refractivity contribution in [3.05, 3.63) is 53.5 Å². The number of methoxy groups -OCH3 is 1. The predicted octanol–water partition coefficient (Wildman–Crippen LogP) is 6.88. The average Bonchev–Trinajstić information content (AvgIpc) is 3.16. The molecule has 0 radical (unpaired) electrons. The molecule has 0 saturated carbocycles. The zero-order valence-corrected chi connectivity index (χ0v) is 21.8. The van der Waals surface area contributed by atoms with Crippen LogP contribution in [0.1, 0.15) is 28.9 Å². The van der Waals surface area contributed by atoms with Gasteiger partial charge in [-0.25, -0.2) is 4.79 Å². The lowest BCUT2D eigenvalue weighted by Gasteiger charge is -2.16. The zero-order valence-electron chi connectivity index (χ0n) is 18.5. The molecule has 12 heteroatoms. The van der Waals surface area contributed by atoms with Gasteiger partial charge in [0.2, 0.25) is 6.17 Å². The molecular formula is C22H20Cl2N4O4P2. The van der Waals surface area contributed by atoms with Crippen LogP contribution in [0.2, 0.25) is 0 Å². The van der Waals surface area contributed by atoms with Crippen LogP contribution < -0.4 is 15.1 Å². The molecule has 1 aliphatic rings. The van der Waals surface area contributed by atoms with E-state index in [2.05, 4.69) is 15.5 Å². The van der Waals surface area contributed by atoms with Crippen LogP contribution in [-0.4, -0.2) is 30.2 Å². The number of nitrogens with one attached hydrogen (secondary N) is 1. The maximum absolute atomic E-state index is 13.4. The van der Waals surface area contributed by atoms with E-state index in [9.17, 15) is 9.59 Å². The summed E-state index contributed by atoms with van der Waals surface area (Å²) in [4.78, 5) is 26.3. The Balaban J connectivity index is 1.96. The molecule has 2 heterocycles. The highest BCUT2D eigenvalue weighted by molar-refractivity contribution is 8.11. The first-order valence-corrected chi connectivity index (χ1v) is 14.3. The fourth-order valence-electron chi connectivity index (χ4n) is 3.54. The number of nitrogens with zero attached hydrogens (tertiary/aromatic N) is 3. The minimum absolute atomic E-state index is 0.171. The Morgan fingerprint density at radius 3 is 2.76 bits per heavy atom. The summed E-state index contributed by atoms with van der Waals surface area (Å²) in [5.74, 6) is -0.438. The van der Waals surface area contributed by atoms with Gasteiger partial charge in [-0.1, -0.05) is 40.2 Å². The van der Waals surface area contributed by atoms with Gasteiger partial charge in [0, 0.05) is 11.6 Å². The van der Waals surface area contributed by atoms with Gasteiger partial charge in [-0.05, 0) is 46.3 Å². The van der Waals surface area contributed by atoms with E-state index in [1.54, 1.807) is 48.9 Å². The van der Waals surface area contributed by atoms with Crippen molar-refractivity contribution in [1.82, 2.24) is 4.57 Å². The van der Waals surface area contributed by atoms with Crippen LogP contribution in [0.3, 0.4) is 0 Å². The molecule has 1 aromatic heterocycles. The number of esters is 1. The van der Waals surface area contributed by atoms with E-state index in [-0.39, 0.29) is 12.0 Å². The lowest BCUT2D eigenvalue weighted by molar-refractivity contribution is -0.119. The highest BCUT2D eigenvalue weighted by atomic mass is 35.9. The van der Waals surface area contributed by atoms with Crippen molar-refractivity contribution in [2.45, 2.75) is 20.0 Å². The van der Waals surface area contributed by atoms with Crippen LogP contribution in [0, 0.1) is 6.92 Å². The second-order valence-electron chi connectivity index (χ2n) is 7.26. The maximum Gasteiger partial charge on any atom is 0.359 e. The monoisotopic (exact) mass is 536 g/mol. The zero-order chi connectivity index (χ0) is 24.4. The van der Waals surface area contributed by atoms with Gasteiger partial charge < -0.3 is 14.8 Å². The minimum Gasteiger partial charge on any atom is -0.497 e. The van der Waals surface area contributed by atoms with E-state index in [1.165, 1.54) is 0 Å². The summed E-state index contributed by atoms with van der Waals surface area (Å²) in [6, 6.07) is 12.6. The third kappa shape index (κ3) is 4.82. The molecular weight excluding hydrogens is 517 g/mol. The summed E-state index contributed by atoms with van der Waals surface area (Å²) in [5.41, 5.74) is 3.49. The van der Waals surface area contributed by atoms with Crippen molar-refractivity contribution < 1.29 is 19.1 Å². The molecule has 0 bridgehead atoms. The fraction of sp³-hybridized carbons (Fsp3) is 0.227. The lowest BCUT2D eigenvalue weighted by Crippen LogP contribution is -2.25. The van der Waals surface area contributed by atoms with E-state index < -0.39 is 24.7 Å². The van der Waals surface area contributed by atoms with Gasteiger partial charge in [0.1, 0.15) is 12.4 Å². The summed E-state index contributed by atoms with van der Waals surface area (Å²) >= 11 is 12.8. The second-order valence-corrected chi connectivity index (χ2v) is 12.2. The number of anilines is 1. The number of carbonyl (C=O) groups excluding carboxylic acids is 2. The summed E-state index contributed by atoms with van der Waals surface area (Å²) in [5, 5.41) is 12.1. The number of hydrogen-bond donors (Lipinski definition) is 1. The number of carbonyl (C=O) groups is 2. The number of aryl methyl sites for hydroxylation is 1. The van der Waals surface area contributed by atoms with Crippen LogP contribution in [0.15, 0.2) is 52.7 Å². The topological polar surface area (TPSA) is 94.3 Å². The Morgan fingerprint density at radius 2 is 2.06 bits per heavy atom. The molecule has 1 amide bonds. The van der Waals surface area contributed by atoms with Crippen LogP contribution >= 0.6 is 37.3 Å². The number of ether oxygens (including phenoxy) is 2. The molecule has 34 heavy (non-hydrogen) atoms. The molecule has 0 fully saturated rings. The van der Waals surface area contributed by atoms with Crippen LogP contribution in [-0.2, 0) is 9.53 Å². The third-order valence-electron chi connectivity index (χ3n) is 5.01. The van der Waals surface area contributed by atoms with Crippen molar-refractivity contribution in [2.24, 2.45) is 10.2 Å². The number of rotatable bonds is 6. The highest BCUT2D eigenvalue weighted by Gasteiger charge is 2.37. The van der Waals surface area contributed by atoms with E-state index in [1.807, 2.05) is 19.1 Å². The molecule has 2 aromatic carbocycles. The number of aromatic nitrogens is 1. The van der Waals surface area contributed by atoms with Gasteiger partial charge in [-0.15, -0.1) is 0 Å². The van der Waals surface area contributed by atoms with Gasteiger partial charge in [0.05, 0.1) is 35.8 Å². The van der Waals surface area contributed by atoms with E-state index in [4.69, 9.17) is 32.0 Å². The Kier molecular flexibility index (Phi) is 7.54. The lowest BCUT2D eigenvalue weighted by atomic mass is 10.1. The Labute approximate surface area is 208 Å². The van der Waals surface area contributed by atoms with E-state index in [0.29, 0.717) is 41.6 Å². The molecule has 1 atom stereocenters. The number of amides is 1. The number of fused-ring (bicyclic) bond motifs is 3. The standard InChI is InChI=1S/C22H20Cl2N4O4P2/c1-4-32-21(30)20-28-17(22(33-20)34(23)24)15-10-12(2)8-9-16(15)25-19(29)18(28)27-26-13-6-5-7-14(11-13)31-3/h5-11,18H,4H2,1-3H3,(H,25,29)/t18-/m1/s1. The van der Waals surface area contributed by atoms with Gasteiger partial charge in [0.15, 0.2) is 5.43 Å². The molecule has 1 aliphatic heterocycles. The summed E-state index contributed by atoms with van der Waals surface area (Å²) in [7, 11) is 2.01. The number of hydrogen-bond acceptors (Lipinski definition) is 6. The second kappa shape index (κ2) is 10.4. The quantitative estimate of drug-likeness (QED) is 0.211. The van der Waals surface area contributed by atoms with Crippen LogP contribution in [0.4, 0.5) is 11.4 Å². The summed E-state index contributed by atoms with van der Waals surface area (Å²) < 4.78 is 12.1. The fourth-order valence-corrected chi connectivity index (χ4v) is 6.69. The average molecular weight is 537 g/mol. The minimum atomic E-state index is -1.63. The van der Waals surface area contributed by atoms with E-state index in [0.717, 1.165) is 5.56 Å². The first kappa shape index (κ1) is 24.6. The number of azo groups is 1. The molecule has 176 valence electrons. The SMILES string of the molecule is CCOC(=O)c1pc(P(Cl)Cl)c2n1[C@@H](N=Nc1cccc(OC)c1)C(=O)Nc1ccc(C)cc1-2. The van der Waals surface area contributed by atoms with E-state index >= 15 is 0 Å². The summed E-state index contributed by atoms with van der Waals surface area (Å²) in [6.07, 6.45) is -1.19. The van der Waals surface area contributed by atoms with Gasteiger partial charge >= 0.3 is 5.97 Å². The van der Waals surface area contributed by atoms with Crippen molar-refractivity contribution in [1.29, 1.82) is 0 Å². The molecule has 0 aliphatic carbocycles. The van der Waals surface area contributed by atoms with Crippen LogP contribution in [0.5, 0.6) is 5.75 Å². The maximum atomic E-state index is 13.4. The molecule has 8 nitrogen and oxygen atoms in total. The predicted molar refractivity (Wildman–Crippen MR) is 137 cm³/mol. The molecule has 0 spiro atoms. The Bertz CT molecular complexity index is 1300. The normalized spacial score (nSPS) is 15.2. The van der Waals surface area contributed by atoms with Gasteiger partial charge in [-0.2, -0.15) is 10.2 Å². The van der Waals surface area contributed by atoms with Gasteiger partial charge in [0.25, 0.3) is 5.91 Å². The summed E-state index contributed by atoms with van der Waals surface area (Å²) in [6.45, 7) is 2.19. The smallest absolute Gasteiger partial charge is 0.359 e. The molecule has 0 saturated heterocycles. The molecule has 1 N–H and O–H groups in total. The Morgan fingerprint density at radius 1 is 1.26 bits per heavy atom. The third-order valence-corrected chi connectivity index (χ3v) is 9.20. The Hall–Kier alpha value is -2.50. The molecule has 0 unspecified atom stereocenters. The molecule has 3 aromatic rings. The van der Waals surface area contributed by atoms with Crippen molar-refractivity contribution in [3.8, 4) is 17.0 Å². The van der Waals surface area contributed by atoms with Crippen molar-refractivity contribution in [2.75, 3.05) is 19.0 Å². The van der Waals surface area contributed by atoms with Gasteiger partial charge in [-0.3, -0.25) is 9.36 Å². The number of halogens is 2. The number of benzene rings is 2.